The van der Waals surface area contributed by atoms with Crippen LogP contribution in [0.1, 0.15) is 37.5 Å². The minimum Gasteiger partial charge on any atom is -0.780 e. The summed E-state index contributed by atoms with van der Waals surface area (Å²) in [6.45, 7) is 5.95. The van der Waals surface area contributed by atoms with Crippen LogP contribution in [0, 0.1) is 6.92 Å². The Labute approximate surface area is 369 Å². The summed E-state index contributed by atoms with van der Waals surface area (Å²) in [6.07, 6.45) is 3.93. The van der Waals surface area contributed by atoms with Crippen LogP contribution in [0.4, 0.5) is 11.4 Å². The average Bonchev–Trinajstić information content (AvgIpc) is 3.69. The predicted octanol–water partition coefficient (Wildman–Crippen LogP) is -1.52. The molecule has 5 aromatic rings. The van der Waals surface area contributed by atoms with E-state index in [1.54, 1.807) is 42.2 Å². The Morgan fingerprint density at radius 2 is 1.65 bits per heavy atom. The van der Waals surface area contributed by atoms with Gasteiger partial charge >= 0.3 is 59.1 Å². The molecule has 0 spiro atoms. The second kappa shape index (κ2) is 18.2. The van der Waals surface area contributed by atoms with E-state index in [9.17, 15) is 23.9 Å². The fourth-order valence-electron chi connectivity index (χ4n) is 7.13. The Morgan fingerprint density at radius 3 is 2.31 bits per heavy atom. The van der Waals surface area contributed by atoms with Crippen molar-refractivity contribution < 1.29 is 92.3 Å². The van der Waals surface area contributed by atoms with E-state index in [1.807, 2.05) is 35.6 Å². The number of hydrogen-bond acceptors (Lipinski definition) is 9. The molecule has 0 unspecified atom stereocenters. The molecule has 55 heavy (non-hydrogen) atoms. The first-order valence-corrected chi connectivity index (χ1v) is 19.0. The quantitative estimate of drug-likeness (QED) is 0.128. The molecule has 2 amide bonds. The van der Waals surface area contributed by atoms with Crippen LogP contribution in [-0.2, 0) is 36.4 Å². The SMILES string of the molecule is Cc1c(C(=O)N(c2ccc(OP(=O)([O-])[O-])cc2)c2cnn(C)c2)cc(-c2cc(Cl)ccc2C(=O)N2Cc3ccccc3C[C@H]2CN2CCOCC2)n1C.[Na+].[Na+]. The molecule has 2 aliphatic heterocycles. The summed E-state index contributed by atoms with van der Waals surface area (Å²) >= 11 is 6.60. The molecule has 0 saturated carbocycles. The maximum Gasteiger partial charge on any atom is 1.00 e. The van der Waals surface area contributed by atoms with Gasteiger partial charge in [-0.1, -0.05) is 35.9 Å². The fourth-order valence-corrected chi connectivity index (χ4v) is 7.68. The molecule has 2 aliphatic rings. The molecule has 7 rings (SSSR count). The average molecular weight is 803 g/mol. The van der Waals surface area contributed by atoms with Crippen LogP contribution in [0.15, 0.2) is 85.2 Å². The van der Waals surface area contributed by atoms with Crippen LogP contribution in [0.5, 0.6) is 5.75 Å². The van der Waals surface area contributed by atoms with Gasteiger partial charge in [0.25, 0.3) is 11.8 Å². The predicted molar refractivity (Wildman–Crippen MR) is 196 cm³/mol. The Morgan fingerprint density at radius 1 is 0.964 bits per heavy atom. The number of ether oxygens (including phenoxy) is 1. The van der Waals surface area contributed by atoms with E-state index in [0.717, 1.165) is 31.6 Å². The van der Waals surface area contributed by atoms with Gasteiger partial charge in [0.05, 0.1) is 30.7 Å². The first kappa shape index (κ1) is 43.4. The molecule has 0 bridgehead atoms. The second-order valence-electron chi connectivity index (χ2n) is 13.3. The molecule has 2 aromatic heterocycles. The first-order valence-electron chi connectivity index (χ1n) is 17.1. The van der Waals surface area contributed by atoms with Crippen LogP contribution in [0.3, 0.4) is 0 Å². The third-order valence-corrected chi connectivity index (χ3v) is 10.6. The smallest absolute Gasteiger partial charge is 0.780 e. The van der Waals surface area contributed by atoms with Gasteiger partial charge < -0.3 is 33.1 Å². The number of nitrogens with zero attached hydrogens (tertiary/aromatic N) is 6. The summed E-state index contributed by atoms with van der Waals surface area (Å²) < 4.78 is 24.7. The molecule has 1 saturated heterocycles. The van der Waals surface area contributed by atoms with E-state index in [-0.39, 0.29) is 76.8 Å². The molecule has 17 heteroatoms. The number of benzene rings is 3. The van der Waals surface area contributed by atoms with E-state index < -0.39 is 13.7 Å². The number of amides is 2. The number of rotatable bonds is 9. The van der Waals surface area contributed by atoms with E-state index in [4.69, 9.17) is 16.3 Å². The molecule has 1 atom stereocenters. The number of aryl methyl sites for hydroxylation is 1. The van der Waals surface area contributed by atoms with E-state index in [1.165, 1.54) is 40.9 Å². The van der Waals surface area contributed by atoms with Crippen molar-refractivity contribution in [2.75, 3.05) is 37.7 Å². The molecule has 276 valence electrons. The monoisotopic (exact) mass is 802 g/mol. The van der Waals surface area contributed by atoms with Gasteiger partial charge in [-0.05, 0) is 73.0 Å². The number of fused-ring (bicyclic) bond motifs is 1. The van der Waals surface area contributed by atoms with Gasteiger partial charge in [0, 0.05) is 85.7 Å². The molecule has 4 heterocycles. The van der Waals surface area contributed by atoms with Crippen LogP contribution >= 0.6 is 19.4 Å². The van der Waals surface area contributed by atoms with Crippen molar-refractivity contribution in [2.24, 2.45) is 14.1 Å². The maximum absolute atomic E-state index is 14.8. The molecule has 1 fully saturated rings. The molecule has 0 aliphatic carbocycles. The van der Waals surface area contributed by atoms with Gasteiger partial charge in [-0.2, -0.15) is 5.10 Å². The standard InChI is InChI=1S/C38H40ClN6O7P.2Na/c1-25-34(38(47)45(31-21-40-41(2)23-31)29-9-11-32(12-10-29)52-53(48,49)50)20-36(42(25)3)35-19-28(39)8-13-33(35)37(46)44-22-27-7-5-4-6-26(27)18-30(44)24-43-14-16-51-17-15-43;;/h4-13,19-21,23,30H,14-18,22,24H2,1-3H3,(H2,48,49,50);;/q;2*+1/p-2/t30-;;/m0../s1. The number of halogens is 1. The Hall–Kier alpha value is -2.75. The van der Waals surface area contributed by atoms with Gasteiger partial charge in [-0.25, -0.2) is 0 Å². The summed E-state index contributed by atoms with van der Waals surface area (Å²) in [7, 11) is -1.72. The topological polar surface area (TPSA) is 148 Å². The summed E-state index contributed by atoms with van der Waals surface area (Å²) in [6, 6.07) is 20.7. The molecule has 0 radical (unpaired) electrons. The van der Waals surface area contributed by atoms with E-state index >= 15 is 0 Å². The molecule has 3 aromatic carbocycles. The van der Waals surface area contributed by atoms with Gasteiger partial charge in [0.15, 0.2) is 0 Å². The Kier molecular flexibility index (Phi) is 14.4. The number of phosphoric ester groups is 1. The fraction of sp³-hybridized carbons (Fsp3) is 0.289. The number of morpholine rings is 1. The van der Waals surface area contributed by atoms with Crippen LogP contribution in [-0.4, -0.2) is 74.9 Å². The molecular weight excluding hydrogens is 765 g/mol. The van der Waals surface area contributed by atoms with Crippen molar-refractivity contribution in [3.05, 3.63) is 118 Å². The number of phosphoric acid groups is 1. The molecule has 0 N–H and O–H groups in total. The van der Waals surface area contributed by atoms with Crippen molar-refractivity contribution in [2.45, 2.75) is 25.9 Å². The summed E-state index contributed by atoms with van der Waals surface area (Å²) in [5.74, 6) is -0.713. The van der Waals surface area contributed by atoms with Crippen LogP contribution in [0.25, 0.3) is 11.3 Å². The third kappa shape index (κ3) is 9.69. The van der Waals surface area contributed by atoms with Crippen molar-refractivity contribution in [1.29, 1.82) is 0 Å². The molecule has 13 nitrogen and oxygen atoms in total. The van der Waals surface area contributed by atoms with Gasteiger partial charge in [-0.3, -0.25) is 24.1 Å². The minimum atomic E-state index is -5.28. The van der Waals surface area contributed by atoms with Crippen molar-refractivity contribution in [3.8, 4) is 17.0 Å². The summed E-state index contributed by atoms with van der Waals surface area (Å²) in [5, 5.41) is 4.69. The second-order valence-corrected chi connectivity index (χ2v) is 14.8. The van der Waals surface area contributed by atoms with Crippen LogP contribution in [0.2, 0.25) is 5.02 Å². The number of anilines is 2. The number of aromatic nitrogens is 3. The largest absolute Gasteiger partial charge is 1.00 e. The maximum atomic E-state index is 14.8. The minimum absolute atomic E-state index is 0. The number of carbonyl (C=O) groups is 2. The number of hydrogen-bond donors (Lipinski definition) is 0. The zero-order valence-corrected chi connectivity index (χ0v) is 37.1. The van der Waals surface area contributed by atoms with Gasteiger partial charge in [0.1, 0.15) is 13.6 Å². The first-order chi connectivity index (χ1) is 25.4. The van der Waals surface area contributed by atoms with Crippen molar-refractivity contribution >= 4 is 42.6 Å². The van der Waals surface area contributed by atoms with E-state index in [2.05, 4.69) is 26.7 Å². The van der Waals surface area contributed by atoms with Crippen molar-refractivity contribution in [1.82, 2.24) is 24.1 Å². The van der Waals surface area contributed by atoms with Gasteiger partial charge in [0.2, 0.25) is 0 Å². The number of carbonyl (C=O) groups excluding carboxylic acids is 2. The third-order valence-electron chi connectivity index (χ3n) is 9.91. The Bertz CT molecular complexity index is 2220. The zero-order chi connectivity index (χ0) is 37.4. The Balaban J connectivity index is 0.00000290. The van der Waals surface area contributed by atoms with Gasteiger partial charge in [-0.15, -0.1) is 0 Å². The summed E-state index contributed by atoms with van der Waals surface area (Å²) in [5.41, 5.74) is 5.84. The van der Waals surface area contributed by atoms with Crippen LogP contribution < -0.4 is 78.3 Å². The van der Waals surface area contributed by atoms with E-state index in [0.29, 0.717) is 64.2 Å². The normalized spacial score (nSPS) is 15.7. The van der Waals surface area contributed by atoms with Crippen molar-refractivity contribution in [3.63, 3.8) is 0 Å². The molecular formula is C38H38ClN6Na2O7P. The zero-order valence-electron chi connectivity index (χ0n) is 31.5. The summed E-state index contributed by atoms with van der Waals surface area (Å²) in [4.78, 5) is 57.4.